The number of pyridine rings is 1. The number of aromatic hydroxyl groups is 1. The Morgan fingerprint density at radius 1 is 1.07 bits per heavy atom. The van der Waals surface area contributed by atoms with Crippen LogP contribution in [-0.2, 0) is 4.74 Å². The third-order valence-electron chi connectivity index (χ3n) is 7.21. The van der Waals surface area contributed by atoms with Crippen LogP contribution >= 0.6 is 0 Å². The zero-order valence-electron chi connectivity index (χ0n) is 21.9. The molecule has 10 nitrogen and oxygen atoms in total. The molecular weight excluding hydrogens is 519 g/mol. The van der Waals surface area contributed by atoms with Crippen LogP contribution in [0.4, 0.5) is 4.39 Å². The number of phenols is 1. The molecule has 1 aliphatic carbocycles. The zero-order valence-corrected chi connectivity index (χ0v) is 21.9. The number of benzene rings is 2. The molecule has 2 aromatic heterocycles. The van der Waals surface area contributed by atoms with Crippen LogP contribution in [0.1, 0.15) is 58.0 Å². The number of halogens is 1. The fourth-order valence-corrected chi connectivity index (χ4v) is 5.20. The molecule has 0 unspecified atom stereocenters. The van der Waals surface area contributed by atoms with E-state index in [0.29, 0.717) is 25.7 Å². The number of nitrogens with one attached hydrogen (secondary N) is 1. The molecule has 2 aromatic carbocycles. The first-order chi connectivity index (χ1) is 19.2. The summed E-state index contributed by atoms with van der Waals surface area (Å²) in [5.74, 6) is -1.85. The molecule has 0 bridgehead atoms. The van der Waals surface area contributed by atoms with Gasteiger partial charge in [-0.15, -0.1) is 0 Å². The molecule has 1 saturated carbocycles. The van der Waals surface area contributed by atoms with Crippen LogP contribution in [0.5, 0.6) is 5.75 Å². The summed E-state index contributed by atoms with van der Waals surface area (Å²) < 4.78 is 21.3. The largest absolute Gasteiger partial charge is 0.507 e. The number of fused-ring (bicyclic) bond motifs is 1. The number of hydrogen-bond acceptors (Lipinski definition) is 7. The van der Waals surface area contributed by atoms with Crippen molar-refractivity contribution in [3.63, 3.8) is 0 Å². The lowest BCUT2D eigenvalue weighted by molar-refractivity contribution is 0.0600. The average molecular weight is 547 g/mol. The van der Waals surface area contributed by atoms with E-state index in [1.807, 2.05) is 6.92 Å². The molecule has 11 heteroatoms. The molecule has 0 radical (unpaired) electrons. The van der Waals surface area contributed by atoms with Gasteiger partial charge in [0.05, 0.1) is 35.5 Å². The van der Waals surface area contributed by atoms with Crippen LogP contribution in [-0.4, -0.2) is 44.3 Å². The molecule has 4 aromatic rings. The van der Waals surface area contributed by atoms with Crippen molar-refractivity contribution in [1.82, 2.24) is 19.4 Å². The third-order valence-corrected chi connectivity index (χ3v) is 7.21. The van der Waals surface area contributed by atoms with Gasteiger partial charge in [-0.1, -0.05) is 17.7 Å². The van der Waals surface area contributed by atoms with Gasteiger partial charge in [-0.05, 0) is 69.0 Å². The summed E-state index contributed by atoms with van der Waals surface area (Å²) in [7, 11) is 1.24. The predicted molar refractivity (Wildman–Crippen MR) is 145 cm³/mol. The molecule has 0 spiro atoms. The number of aryl methyl sites for hydroxylation is 1. The highest BCUT2D eigenvalue weighted by molar-refractivity contribution is 5.97. The van der Waals surface area contributed by atoms with Gasteiger partial charge in [-0.25, -0.2) is 23.5 Å². The van der Waals surface area contributed by atoms with Gasteiger partial charge in [0, 0.05) is 12.1 Å². The zero-order chi connectivity index (χ0) is 28.6. The van der Waals surface area contributed by atoms with E-state index in [1.165, 1.54) is 29.9 Å². The van der Waals surface area contributed by atoms with E-state index < -0.39 is 35.0 Å². The van der Waals surface area contributed by atoms with Crippen molar-refractivity contribution in [3.05, 3.63) is 98.1 Å². The highest BCUT2D eigenvalue weighted by Crippen LogP contribution is 2.28. The lowest BCUT2D eigenvalue weighted by atomic mass is 9.90. The molecule has 0 saturated heterocycles. The van der Waals surface area contributed by atoms with E-state index in [0.717, 1.165) is 22.4 Å². The fraction of sp³-hybridized carbons (Fsp3) is 0.276. The van der Waals surface area contributed by atoms with Gasteiger partial charge in [-0.2, -0.15) is 0 Å². The number of carbonyl (C=O) groups is 2. The van der Waals surface area contributed by atoms with E-state index in [1.54, 1.807) is 24.3 Å². The smallest absolute Gasteiger partial charge is 0.337 e. The molecule has 2 N–H and O–H groups in total. The summed E-state index contributed by atoms with van der Waals surface area (Å²) in [6.45, 7) is 1.82. The van der Waals surface area contributed by atoms with E-state index in [4.69, 9.17) is 4.74 Å². The Kier molecular flexibility index (Phi) is 7.20. The standard InChI is InChI=1S/C29H27FN4O6/c1-16-6-11-24(35)22(12-16)26(36)32-19-7-9-20(10-8-19)34-27(37)23-14-18(30)15-31-25(23)33(29(34)39)21-5-3-4-17(13-21)28(38)40-2/h3-6,11-15,19-20,35H,7-10H2,1-2H3,(H,32,36)/t19-,20+. The fourth-order valence-electron chi connectivity index (χ4n) is 5.20. The van der Waals surface area contributed by atoms with Gasteiger partial charge in [0.25, 0.3) is 11.5 Å². The maximum atomic E-state index is 14.2. The molecule has 1 aliphatic rings. The molecule has 40 heavy (non-hydrogen) atoms. The van der Waals surface area contributed by atoms with Crippen molar-refractivity contribution in [2.75, 3.05) is 7.11 Å². The number of nitrogens with zero attached hydrogens (tertiary/aromatic N) is 3. The van der Waals surface area contributed by atoms with E-state index in [2.05, 4.69) is 10.3 Å². The van der Waals surface area contributed by atoms with Crippen molar-refractivity contribution >= 4 is 22.9 Å². The second-order valence-electron chi connectivity index (χ2n) is 9.86. The minimum absolute atomic E-state index is 0.0337. The summed E-state index contributed by atoms with van der Waals surface area (Å²) >= 11 is 0. The molecule has 5 rings (SSSR count). The number of phenolic OH excluding ortho intramolecular Hbond substituents is 1. The summed E-state index contributed by atoms with van der Waals surface area (Å²) in [6, 6.07) is 11.2. The Balaban J connectivity index is 1.49. The normalized spacial score (nSPS) is 17.0. The number of rotatable bonds is 5. The van der Waals surface area contributed by atoms with Crippen LogP contribution < -0.4 is 16.6 Å². The number of methoxy groups -OCH3 is 1. The average Bonchev–Trinajstić information content (AvgIpc) is 2.95. The van der Waals surface area contributed by atoms with Gasteiger partial charge in [0.1, 0.15) is 11.6 Å². The predicted octanol–water partition coefficient (Wildman–Crippen LogP) is 3.40. The monoisotopic (exact) mass is 546 g/mol. The number of amides is 1. The third kappa shape index (κ3) is 4.97. The van der Waals surface area contributed by atoms with Crippen LogP contribution in [0.25, 0.3) is 16.7 Å². The Morgan fingerprint density at radius 3 is 2.55 bits per heavy atom. The number of hydrogen-bond donors (Lipinski definition) is 2. The maximum absolute atomic E-state index is 14.2. The van der Waals surface area contributed by atoms with Crippen LogP contribution in [0.15, 0.2) is 64.3 Å². The van der Waals surface area contributed by atoms with Crippen molar-refractivity contribution in [3.8, 4) is 11.4 Å². The Hall–Kier alpha value is -4.80. The Morgan fingerprint density at radius 2 is 1.82 bits per heavy atom. The lowest BCUT2D eigenvalue weighted by Crippen LogP contribution is -2.45. The summed E-state index contributed by atoms with van der Waals surface area (Å²) in [5, 5.41) is 12.9. The SMILES string of the molecule is COC(=O)c1cccc(-n2c(=O)n([C@H]3CC[C@@H](NC(=O)c4cc(C)ccc4O)CC3)c(=O)c3cc(F)cnc32)c1. The van der Waals surface area contributed by atoms with Crippen molar-refractivity contribution in [2.45, 2.75) is 44.7 Å². The summed E-state index contributed by atoms with van der Waals surface area (Å²) in [6.07, 6.45) is 2.68. The number of aromatic nitrogens is 3. The van der Waals surface area contributed by atoms with Crippen molar-refractivity contribution in [2.24, 2.45) is 0 Å². The van der Waals surface area contributed by atoms with Crippen molar-refractivity contribution in [1.29, 1.82) is 0 Å². The van der Waals surface area contributed by atoms with E-state index in [-0.39, 0.29) is 39.6 Å². The van der Waals surface area contributed by atoms with Gasteiger partial charge >= 0.3 is 11.7 Å². The number of carbonyl (C=O) groups excluding carboxylic acids is 2. The number of esters is 1. The maximum Gasteiger partial charge on any atom is 0.337 e. The van der Waals surface area contributed by atoms with Gasteiger partial charge in [0.2, 0.25) is 0 Å². The first-order valence-corrected chi connectivity index (χ1v) is 12.8. The lowest BCUT2D eigenvalue weighted by Gasteiger charge is -2.30. The van der Waals surface area contributed by atoms with Gasteiger partial charge < -0.3 is 15.2 Å². The molecule has 0 atom stereocenters. The first kappa shape index (κ1) is 26.8. The summed E-state index contributed by atoms with van der Waals surface area (Å²) in [4.78, 5) is 56.2. The Labute approximate surface area is 227 Å². The van der Waals surface area contributed by atoms with E-state index >= 15 is 0 Å². The molecule has 0 aliphatic heterocycles. The Bertz CT molecular complexity index is 1750. The molecule has 2 heterocycles. The van der Waals surface area contributed by atoms with Crippen LogP contribution in [0, 0.1) is 12.7 Å². The minimum atomic E-state index is -0.726. The minimum Gasteiger partial charge on any atom is -0.507 e. The second kappa shape index (κ2) is 10.8. The molecule has 1 fully saturated rings. The summed E-state index contributed by atoms with van der Waals surface area (Å²) in [5.41, 5.74) is 0.107. The molecule has 1 amide bonds. The van der Waals surface area contributed by atoms with Gasteiger partial charge in [0.15, 0.2) is 5.65 Å². The highest BCUT2D eigenvalue weighted by atomic mass is 19.1. The molecular formula is C29H27FN4O6. The van der Waals surface area contributed by atoms with Gasteiger partial charge in [-0.3, -0.25) is 14.2 Å². The number of ether oxygens (including phenoxy) is 1. The van der Waals surface area contributed by atoms with Crippen LogP contribution in [0.2, 0.25) is 0 Å². The topological polar surface area (TPSA) is 133 Å². The van der Waals surface area contributed by atoms with Crippen molar-refractivity contribution < 1.29 is 23.8 Å². The van der Waals surface area contributed by atoms with Crippen LogP contribution in [0.3, 0.4) is 0 Å². The first-order valence-electron chi connectivity index (χ1n) is 12.8. The van der Waals surface area contributed by atoms with E-state index in [9.17, 15) is 28.7 Å². The quantitative estimate of drug-likeness (QED) is 0.367. The highest BCUT2D eigenvalue weighted by Gasteiger charge is 2.28. The second-order valence-corrected chi connectivity index (χ2v) is 9.86. The molecule has 206 valence electrons.